The van der Waals surface area contributed by atoms with Gasteiger partial charge >= 0.3 is 0 Å². The Morgan fingerprint density at radius 3 is 3.05 bits per heavy atom. The fourth-order valence-electron chi connectivity index (χ4n) is 1.61. The summed E-state index contributed by atoms with van der Waals surface area (Å²) in [7, 11) is 0. The van der Waals surface area contributed by atoms with E-state index in [1.54, 1.807) is 24.0 Å². The minimum atomic E-state index is -0.176. The van der Waals surface area contributed by atoms with Crippen LogP contribution in [-0.2, 0) is 16.1 Å². The Kier molecular flexibility index (Phi) is 7.47. The molecule has 0 saturated carbocycles. The lowest BCUT2D eigenvalue weighted by Gasteiger charge is -2.10. The normalized spacial score (nSPS) is 11.7. The molecule has 0 radical (unpaired) electrons. The van der Waals surface area contributed by atoms with Gasteiger partial charge in [0.15, 0.2) is 0 Å². The van der Waals surface area contributed by atoms with E-state index in [0.717, 1.165) is 19.3 Å². The van der Waals surface area contributed by atoms with Crippen molar-refractivity contribution in [2.24, 2.45) is 5.73 Å². The third-order valence-corrected chi connectivity index (χ3v) is 2.50. The van der Waals surface area contributed by atoms with Gasteiger partial charge in [-0.25, -0.2) is 0 Å². The summed E-state index contributed by atoms with van der Waals surface area (Å²) in [6.45, 7) is 2.94. The van der Waals surface area contributed by atoms with Crippen molar-refractivity contribution in [3.05, 3.63) is 12.4 Å². The van der Waals surface area contributed by atoms with E-state index in [1.807, 2.05) is 0 Å². The van der Waals surface area contributed by atoms with Gasteiger partial charge in [-0.3, -0.25) is 9.48 Å². The molecule has 2 N–H and O–H groups in total. The molecular formula is C13H20N4O2. The highest BCUT2D eigenvalue weighted by Crippen LogP contribution is 2.01. The fraction of sp³-hybridized carbons (Fsp3) is 0.615. The zero-order chi connectivity index (χ0) is 13.9. The van der Waals surface area contributed by atoms with E-state index >= 15 is 0 Å². The summed E-state index contributed by atoms with van der Waals surface area (Å²) in [5, 5.41) is 7.58. The standard InChI is InChI=1S/C13H20N4O2/c1-2-5-13(18)11-19-9-4-3-6-12(14)10-17-8-7-15-16-17/h7-8,12H,3-4,6,9-11,14H2,1H3. The molecule has 0 aliphatic heterocycles. The summed E-state index contributed by atoms with van der Waals surface area (Å²) in [4.78, 5) is 11.0. The maximum atomic E-state index is 11.0. The summed E-state index contributed by atoms with van der Waals surface area (Å²) in [6.07, 6.45) is 6.17. The average molecular weight is 264 g/mol. The highest BCUT2D eigenvalue weighted by atomic mass is 16.5. The van der Waals surface area contributed by atoms with Gasteiger partial charge in [0.05, 0.1) is 12.7 Å². The van der Waals surface area contributed by atoms with Gasteiger partial charge in [-0.05, 0) is 32.1 Å². The van der Waals surface area contributed by atoms with Crippen LogP contribution in [0.15, 0.2) is 12.4 Å². The van der Waals surface area contributed by atoms with E-state index in [1.165, 1.54) is 0 Å². The molecule has 0 spiro atoms. The molecule has 19 heavy (non-hydrogen) atoms. The van der Waals surface area contributed by atoms with Crippen LogP contribution in [0.1, 0.15) is 26.2 Å². The van der Waals surface area contributed by atoms with Crippen molar-refractivity contribution < 1.29 is 9.53 Å². The number of unbranched alkanes of at least 4 members (excludes halogenated alkanes) is 1. The lowest BCUT2D eigenvalue weighted by molar-refractivity contribution is -0.118. The summed E-state index contributed by atoms with van der Waals surface area (Å²) in [5.41, 5.74) is 5.97. The Balaban J connectivity index is 1.98. The summed E-state index contributed by atoms with van der Waals surface area (Å²) in [5.74, 6) is 4.80. The minimum Gasteiger partial charge on any atom is -0.373 e. The molecule has 1 atom stereocenters. The van der Waals surface area contributed by atoms with Crippen molar-refractivity contribution in [2.75, 3.05) is 13.2 Å². The maximum Gasteiger partial charge on any atom is 0.231 e. The van der Waals surface area contributed by atoms with Crippen molar-refractivity contribution >= 4 is 5.78 Å². The van der Waals surface area contributed by atoms with E-state index < -0.39 is 0 Å². The van der Waals surface area contributed by atoms with Crippen LogP contribution >= 0.6 is 0 Å². The lowest BCUT2D eigenvalue weighted by atomic mass is 10.1. The predicted octanol–water partition coefficient (Wildman–Crippen LogP) is 0.385. The number of nitrogens with zero attached hydrogens (tertiary/aromatic N) is 3. The zero-order valence-corrected chi connectivity index (χ0v) is 11.2. The third kappa shape index (κ3) is 7.34. The van der Waals surface area contributed by atoms with E-state index in [-0.39, 0.29) is 18.4 Å². The third-order valence-electron chi connectivity index (χ3n) is 2.50. The molecule has 1 rings (SSSR count). The first-order valence-electron chi connectivity index (χ1n) is 6.35. The number of ether oxygens (including phenoxy) is 1. The Morgan fingerprint density at radius 1 is 1.53 bits per heavy atom. The zero-order valence-electron chi connectivity index (χ0n) is 11.2. The smallest absolute Gasteiger partial charge is 0.231 e. The molecule has 6 heteroatoms. The largest absolute Gasteiger partial charge is 0.373 e. The van der Waals surface area contributed by atoms with Crippen LogP contribution in [0.5, 0.6) is 0 Å². The van der Waals surface area contributed by atoms with Crippen LogP contribution in [-0.4, -0.2) is 40.0 Å². The molecule has 0 amide bonds. The van der Waals surface area contributed by atoms with Crippen molar-refractivity contribution in [1.82, 2.24) is 15.0 Å². The number of nitrogens with two attached hydrogens (primary N) is 1. The van der Waals surface area contributed by atoms with Crippen LogP contribution < -0.4 is 5.73 Å². The van der Waals surface area contributed by atoms with Crippen molar-refractivity contribution in [3.8, 4) is 11.8 Å². The van der Waals surface area contributed by atoms with E-state index in [2.05, 4.69) is 22.2 Å². The molecule has 1 aromatic heterocycles. The monoisotopic (exact) mass is 264 g/mol. The minimum absolute atomic E-state index is 0.0642. The van der Waals surface area contributed by atoms with E-state index in [0.29, 0.717) is 13.2 Å². The second-order valence-electron chi connectivity index (χ2n) is 4.23. The molecule has 104 valence electrons. The Bertz CT molecular complexity index is 420. The molecule has 1 aromatic rings. The number of carbonyl (C=O) groups is 1. The van der Waals surface area contributed by atoms with Gasteiger partial charge in [-0.2, -0.15) is 0 Å². The number of aromatic nitrogens is 3. The number of ketones is 1. The molecule has 0 saturated heterocycles. The number of rotatable bonds is 9. The van der Waals surface area contributed by atoms with E-state index in [4.69, 9.17) is 10.5 Å². The first-order valence-corrected chi connectivity index (χ1v) is 6.35. The molecule has 0 fully saturated rings. The van der Waals surface area contributed by atoms with Gasteiger partial charge in [0.2, 0.25) is 5.78 Å². The van der Waals surface area contributed by atoms with Crippen molar-refractivity contribution in [1.29, 1.82) is 0 Å². The van der Waals surface area contributed by atoms with Crippen molar-refractivity contribution in [2.45, 2.75) is 38.8 Å². The van der Waals surface area contributed by atoms with Gasteiger partial charge in [-0.1, -0.05) is 11.1 Å². The molecular weight excluding hydrogens is 244 g/mol. The van der Waals surface area contributed by atoms with Crippen LogP contribution in [0.25, 0.3) is 0 Å². The molecule has 0 aliphatic rings. The highest BCUT2D eigenvalue weighted by Gasteiger charge is 2.04. The van der Waals surface area contributed by atoms with Gasteiger partial charge in [-0.15, -0.1) is 5.10 Å². The molecule has 6 nitrogen and oxygen atoms in total. The van der Waals surface area contributed by atoms with Crippen LogP contribution in [0, 0.1) is 11.8 Å². The number of hydrogen-bond acceptors (Lipinski definition) is 5. The van der Waals surface area contributed by atoms with Gasteiger partial charge < -0.3 is 10.5 Å². The fourth-order valence-corrected chi connectivity index (χ4v) is 1.61. The SMILES string of the molecule is CC#CC(=O)COCCCCC(N)Cn1ccnn1. The lowest BCUT2D eigenvalue weighted by Crippen LogP contribution is -2.26. The second kappa shape index (κ2) is 9.25. The first-order chi connectivity index (χ1) is 9.22. The predicted molar refractivity (Wildman–Crippen MR) is 71.1 cm³/mol. The summed E-state index contributed by atoms with van der Waals surface area (Å²) in [6, 6.07) is 0.0642. The Labute approximate surface area is 113 Å². The topological polar surface area (TPSA) is 83.0 Å². The molecule has 0 bridgehead atoms. The molecule has 1 heterocycles. The second-order valence-corrected chi connectivity index (χ2v) is 4.23. The highest BCUT2D eigenvalue weighted by molar-refractivity contribution is 5.96. The molecule has 0 aromatic carbocycles. The molecule has 1 unspecified atom stereocenters. The Hall–Kier alpha value is -1.71. The van der Waals surface area contributed by atoms with Crippen molar-refractivity contribution in [3.63, 3.8) is 0 Å². The van der Waals surface area contributed by atoms with Crippen LogP contribution in [0.3, 0.4) is 0 Å². The van der Waals surface area contributed by atoms with Gasteiger partial charge in [0.25, 0.3) is 0 Å². The quantitative estimate of drug-likeness (QED) is 0.396. The van der Waals surface area contributed by atoms with Crippen LogP contribution in [0.2, 0.25) is 0 Å². The van der Waals surface area contributed by atoms with Gasteiger partial charge in [0, 0.05) is 18.8 Å². The summed E-state index contributed by atoms with van der Waals surface area (Å²) < 4.78 is 6.94. The van der Waals surface area contributed by atoms with Gasteiger partial charge in [0.1, 0.15) is 6.61 Å². The number of Topliss-reactive ketones (excluding diaryl/α,β-unsaturated/α-hetero) is 1. The average Bonchev–Trinajstić information content (AvgIpc) is 2.86. The first kappa shape index (κ1) is 15.3. The van der Waals surface area contributed by atoms with E-state index in [9.17, 15) is 4.79 Å². The number of hydrogen-bond donors (Lipinski definition) is 1. The maximum absolute atomic E-state index is 11.0. The number of carbonyl (C=O) groups excluding carboxylic acids is 1. The summed E-state index contributed by atoms with van der Waals surface area (Å²) >= 11 is 0. The molecule has 0 aliphatic carbocycles. The Morgan fingerprint density at radius 2 is 2.37 bits per heavy atom. The van der Waals surface area contributed by atoms with Crippen LogP contribution in [0.4, 0.5) is 0 Å².